The molecule has 0 atom stereocenters. The lowest BCUT2D eigenvalue weighted by atomic mass is 10.2. The minimum atomic E-state index is -0.539. The quantitative estimate of drug-likeness (QED) is 0.674. The molecule has 140 valence electrons. The molecule has 2 amide bonds. The first-order chi connectivity index (χ1) is 12.9. The predicted molar refractivity (Wildman–Crippen MR) is 101 cm³/mol. The number of hydrogen-bond acceptors (Lipinski definition) is 4. The fourth-order valence-corrected chi connectivity index (χ4v) is 3.09. The van der Waals surface area contributed by atoms with Crippen LogP contribution in [0.2, 0.25) is 5.15 Å². The predicted octanol–water partition coefficient (Wildman–Crippen LogP) is 3.18. The van der Waals surface area contributed by atoms with E-state index in [0.717, 1.165) is 5.56 Å². The van der Waals surface area contributed by atoms with E-state index in [2.05, 4.69) is 16.0 Å². The number of amides is 2. The van der Waals surface area contributed by atoms with Gasteiger partial charge in [-0.15, -0.1) is 0 Å². The van der Waals surface area contributed by atoms with Crippen LogP contribution in [0.15, 0.2) is 40.8 Å². The van der Waals surface area contributed by atoms with Crippen molar-refractivity contribution in [3.63, 3.8) is 0 Å². The molecular weight excluding hydrogens is 368 g/mol. The smallest absolute Gasteiger partial charge is 0.274 e. The van der Waals surface area contributed by atoms with Crippen molar-refractivity contribution in [2.75, 3.05) is 0 Å². The molecule has 8 heteroatoms. The van der Waals surface area contributed by atoms with Gasteiger partial charge >= 0.3 is 0 Å². The maximum absolute atomic E-state index is 12.5. The summed E-state index contributed by atoms with van der Waals surface area (Å²) in [6, 6.07) is 11.3. The Balaban J connectivity index is 1.71. The Morgan fingerprint density at radius 3 is 2.41 bits per heavy atom. The van der Waals surface area contributed by atoms with Gasteiger partial charge in [0.2, 0.25) is 0 Å². The van der Waals surface area contributed by atoms with Crippen LogP contribution in [0, 0.1) is 20.8 Å². The number of hydrogen-bond donors (Lipinski definition) is 2. The van der Waals surface area contributed by atoms with Crippen LogP contribution in [0.3, 0.4) is 0 Å². The van der Waals surface area contributed by atoms with Crippen molar-refractivity contribution in [1.29, 1.82) is 0 Å². The van der Waals surface area contributed by atoms with Gasteiger partial charge in [0.1, 0.15) is 22.2 Å². The number of nitrogens with zero attached hydrogens (tertiary/aromatic N) is 2. The number of aromatic nitrogens is 2. The third-order valence-corrected chi connectivity index (χ3v) is 4.43. The van der Waals surface area contributed by atoms with Crippen LogP contribution in [-0.4, -0.2) is 21.6 Å². The summed E-state index contributed by atoms with van der Waals surface area (Å²) in [6.45, 7) is 5.55. The van der Waals surface area contributed by atoms with E-state index in [-0.39, 0.29) is 10.7 Å². The number of furan rings is 1. The lowest BCUT2D eigenvalue weighted by Gasteiger charge is -2.07. The van der Waals surface area contributed by atoms with Gasteiger partial charge in [-0.3, -0.25) is 20.4 Å². The van der Waals surface area contributed by atoms with E-state index in [1.807, 2.05) is 30.3 Å². The number of carbonyl (C=O) groups is 2. The van der Waals surface area contributed by atoms with Crippen molar-refractivity contribution in [2.24, 2.45) is 0 Å². The second-order valence-electron chi connectivity index (χ2n) is 6.13. The highest BCUT2D eigenvalue weighted by molar-refractivity contribution is 6.33. The molecule has 0 radical (unpaired) electrons. The average molecular weight is 387 g/mol. The van der Waals surface area contributed by atoms with E-state index in [9.17, 15) is 9.59 Å². The topological polar surface area (TPSA) is 89.2 Å². The first kappa shape index (κ1) is 18.7. The summed E-state index contributed by atoms with van der Waals surface area (Å²) >= 11 is 6.35. The van der Waals surface area contributed by atoms with Crippen LogP contribution < -0.4 is 10.9 Å². The molecule has 0 saturated carbocycles. The molecule has 0 spiro atoms. The molecule has 27 heavy (non-hydrogen) atoms. The SMILES string of the molecule is Cc1cc(C(=O)NNC(=O)c2c(C)nn(Cc3ccccc3)c2Cl)c(C)o1. The second kappa shape index (κ2) is 7.67. The second-order valence-corrected chi connectivity index (χ2v) is 6.49. The van der Waals surface area contributed by atoms with Gasteiger partial charge in [-0.25, -0.2) is 4.68 Å². The Labute approximate surface area is 161 Å². The fraction of sp³-hybridized carbons (Fsp3) is 0.211. The first-order valence-corrected chi connectivity index (χ1v) is 8.69. The number of rotatable bonds is 4. The highest BCUT2D eigenvalue weighted by atomic mass is 35.5. The normalized spacial score (nSPS) is 10.7. The first-order valence-electron chi connectivity index (χ1n) is 8.31. The summed E-state index contributed by atoms with van der Waals surface area (Å²) in [4.78, 5) is 24.7. The summed E-state index contributed by atoms with van der Waals surface area (Å²) in [5, 5.41) is 4.53. The minimum Gasteiger partial charge on any atom is -0.466 e. The fourth-order valence-electron chi connectivity index (χ4n) is 2.77. The number of benzene rings is 1. The van der Waals surface area contributed by atoms with Crippen LogP contribution in [0.25, 0.3) is 0 Å². The molecule has 7 nitrogen and oxygen atoms in total. The zero-order valence-electron chi connectivity index (χ0n) is 15.2. The molecule has 0 unspecified atom stereocenters. The van der Waals surface area contributed by atoms with Crippen molar-refractivity contribution < 1.29 is 14.0 Å². The summed E-state index contributed by atoms with van der Waals surface area (Å²) in [5.41, 5.74) is 6.80. The number of halogens is 1. The third kappa shape index (κ3) is 4.03. The number of carbonyl (C=O) groups excluding carboxylic acids is 2. The van der Waals surface area contributed by atoms with E-state index in [1.54, 1.807) is 31.5 Å². The van der Waals surface area contributed by atoms with Gasteiger partial charge < -0.3 is 4.42 Å². The summed E-state index contributed by atoms with van der Waals surface area (Å²) in [7, 11) is 0. The Hall–Kier alpha value is -3.06. The zero-order chi connectivity index (χ0) is 19.6. The summed E-state index contributed by atoms with van der Waals surface area (Å²) in [6.07, 6.45) is 0. The zero-order valence-corrected chi connectivity index (χ0v) is 15.9. The molecule has 0 aliphatic carbocycles. The molecule has 2 aromatic heterocycles. The molecule has 2 N–H and O–H groups in total. The molecular formula is C19H19ClN4O3. The van der Waals surface area contributed by atoms with E-state index in [1.165, 1.54) is 0 Å². The largest absolute Gasteiger partial charge is 0.466 e. The maximum atomic E-state index is 12.5. The van der Waals surface area contributed by atoms with E-state index >= 15 is 0 Å². The van der Waals surface area contributed by atoms with E-state index in [4.69, 9.17) is 16.0 Å². The van der Waals surface area contributed by atoms with Crippen molar-refractivity contribution in [3.8, 4) is 0 Å². The molecule has 3 rings (SSSR count). The van der Waals surface area contributed by atoms with Crippen LogP contribution >= 0.6 is 11.6 Å². The van der Waals surface area contributed by atoms with Crippen molar-refractivity contribution >= 4 is 23.4 Å². The highest BCUT2D eigenvalue weighted by Crippen LogP contribution is 2.21. The average Bonchev–Trinajstić information content (AvgIpc) is 3.11. The van der Waals surface area contributed by atoms with E-state index < -0.39 is 11.8 Å². The molecule has 0 aliphatic heterocycles. The van der Waals surface area contributed by atoms with Crippen molar-refractivity contribution in [1.82, 2.24) is 20.6 Å². The Bertz CT molecular complexity index is 992. The Morgan fingerprint density at radius 1 is 1.11 bits per heavy atom. The summed E-state index contributed by atoms with van der Waals surface area (Å²) < 4.78 is 6.87. The number of aryl methyl sites for hydroxylation is 3. The third-order valence-electron chi connectivity index (χ3n) is 4.04. The molecule has 1 aromatic carbocycles. The van der Waals surface area contributed by atoms with E-state index in [0.29, 0.717) is 29.3 Å². The monoisotopic (exact) mass is 386 g/mol. The number of nitrogens with one attached hydrogen (secondary N) is 2. The van der Waals surface area contributed by atoms with Gasteiger partial charge in [0, 0.05) is 0 Å². The summed E-state index contributed by atoms with van der Waals surface area (Å²) in [5.74, 6) is 0.0837. The lowest BCUT2D eigenvalue weighted by Crippen LogP contribution is -2.42. The molecule has 0 saturated heterocycles. The van der Waals surface area contributed by atoms with Gasteiger partial charge in [-0.2, -0.15) is 5.10 Å². The van der Waals surface area contributed by atoms with Gasteiger partial charge in [0.25, 0.3) is 11.8 Å². The Kier molecular flexibility index (Phi) is 5.32. The standard InChI is InChI=1S/C19H19ClN4O3/c1-11-9-15(13(3)27-11)18(25)21-22-19(26)16-12(2)23-24(17(16)20)10-14-7-5-4-6-8-14/h4-9H,10H2,1-3H3,(H,21,25)(H,22,26). The lowest BCUT2D eigenvalue weighted by molar-refractivity contribution is 0.0845. The Morgan fingerprint density at radius 2 is 1.78 bits per heavy atom. The van der Waals surface area contributed by atoms with Crippen LogP contribution in [0.1, 0.15) is 43.5 Å². The van der Waals surface area contributed by atoms with Crippen LogP contribution in [0.5, 0.6) is 0 Å². The van der Waals surface area contributed by atoms with Gasteiger partial charge in [0.05, 0.1) is 17.8 Å². The maximum Gasteiger partial charge on any atom is 0.274 e. The van der Waals surface area contributed by atoms with Crippen LogP contribution in [-0.2, 0) is 6.54 Å². The molecule has 0 aliphatic rings. The molecule has 2 heterocycles. The molecule has 0 bridgehead atoms. The minimum absolute atomic E-state index is 0.207. The number of hydrazine groups is 1. The van der Waals surface area contributed by atoms with Gasteiger partial charge in [0.15, 0.2) is 0 Å². The van der Waals surface area contributed by atoms with Gasteiger partial charge in [-0.05, 0) is 32.4 Å². The van der Waals surface area contributed by atoms with Crippen molar-refractivity contribution in [2.45, 2.75) is 27.3 Å². The van der Waals surface area contributed by atoms with Crippen LogP contribution in [0.4, 0.5) is 0 Å². The van der Waals surface area contributed by atoms with Crippen molar-refractivity contribution in [3.05, 3.63) is 75.5 Å². The molecule has 0 fully saturated rings. The molecule has 3 aromatic rings. The highest BCUT2D eigenvalue weighted by Gasteiger charge is 2.21. The van der Waals surface area contributed by atoms with Gasteiger partial charge in [-0.1, -0.05) is 41.9 Å².